The van der Waals surface area contributed by atoms with Gasteiger partial charge in [-0.05, 0) is 45.2 Å². The molecule has 2 aromatic heterocycles. The van der Waals surface area contributed by atoms with Crippen molar-refractivity contribution in [3.8, 4) is 0 Å². The monoisotopic (exact) mass is 329 g/mol. The van der Waals surface area contributed by atoms with E-state index in [1.54, 1.807) is 11.8 Å². The van der Waals surface area contributed by atoms with Crippen LogP contribution in [0.2, 0.25) is 0 Å². The quantitative estimate of drug-likeness (QED) is 0.811. The molecule has 0 aliphatic carbocycles. The average molecular weight is 329 g/mol. The van der Waals surface area contributed by atoms with Gasteiger partial charge in [0.1, 0.15) is 11.3 Å². The third-order valence-electron chi connectivity index (χ3n) is 4.47. The van der Waals surface area contributed by atoms with Gasteiger partial charge in [-0.25, -0.2) is 4.98 Å². The van der Waals surface area contributed by atoms with E-state index in [2.05, 4.69) is 4.98 Å². The number of carbonyl (C=O) groups is 2. The molecule has 1 aliphatic heterocycles. The van der Waals surface area contributed by atoms with E-state index in [9.17, 15) is 9.59 Å². The minimum atomic E-state index is -0.233. The van der Waals surface area contributed by atoms with Gasteiger partial charge in [-0.2, -0.15) is 0 Å². The predicted molar refractivity (Wildman–Crippen MR) is 89.9 cm³/mol. The molecule has 0 aromatic carbocycles. The van der Waals surface area contributed by atoms with Crippen LogP contribution in [0.1, 0.15) is 41.5 Å². The molecule has 1 atom stereocenters. The molecule has 2 aromatic rings. The fourth-order valence-electron chi connectivity index (χ4n) is 3.29. The molecule has 0 saturated carbocycles. The van der Waals surface area contributed by atoms with Gasteiger partial charge < -0.3 is 9.64 Å². The second-order valence-electron chi connectivity index (χ2n) is 6.32. The van der Waals surface area contributed by atoms with Crippen molar-refractivity contribution in [1.82, 2.24) is 14.3 Å². The van der Waals surface area contributed by atoms with Gasteiger partial charge in [-0.3, -0.25) is 14.0 Å². The van der Waals surface area contributed by atoms with Crippen LogP contribution >= 0.6 is 0 Å². The molecule has 0 spiro atoms. The average Bonchev–Trinajstić information content (AvgIpc) is 2.89. The predicted octanol–water partition coefficient (Wildman–Crippen LogP) is 2.37. The molecule has 0 bridgehead atoms. The summed E-state index contributed by atoms with van der Waals surface area (Å²) in [5, 5.41) is 0. The number of likely N-dealkylation sites (tertiary alicyclic amines) is 1. The summed E-state index contributed by atoms with van der Waals surface area (Å²) < 4.78 is 6.96. The number of carbonyl (C=O) groups excluding carboxylic acids is 2. The smallest absolute Gasteiger partial charge is 0.310 e. The number of hydrogen-bond donors (Lipinski definition) is 0. The Labute approximate surface area is 141 Å². The SMILES string of the molecule is CCOC(=O)C1CCCN(C(=O)c2c(C)nc3ccc(C)cn23)C1. The molecule has 1 saturated heterocycles. The van der Waals surface area contributed by atoms with Gasteiger partial charge in [0.15, 0.2) is 0 Å². The van der Waals surface area contributed by atoms with E-state index in [0.29, 0.717) is 31.1 Å². The number of pyridine rings is 1. The van der Waals surface area contributed by atoms with E-state index in [0.717, 1.165) is 24.1 Å². The Morgan fingerprint density at radius 1 is 1.33 bits per heavy atom. The van der Waals surface area contributed by atoms with Crippen LogP contribution in [0.4, 0.5) is 0 Å². The molecule has 6 nitrogen and oxygen atoms in total. The first-order chi connectivity index (χ1) is 11.5. The molecule has 128 valence electrons. The Morgan fingerprint density at radius 2 is 2.12 bits per heavy atom. The molecule has 0 N–H and O–H groups in total. The molecule has 24 heavy (non-hydrogen) atoms. The number of esters is 1. The van der Waals surface area contributed by atoms with Gasteiger partial charge >= 0.3 is 5.97 Å². The topological polar surface area (TPSA) is 63.9 Å². The molecular weight excluding hydrogens is 306 g/mol. The second-order valence-corrected chi connectivity index (χ2v) is 6.32. The van der Waals surface area contributed by atoms with Crippen LogP contribution < -0.4 is 0 Å². The zero-order valence-corrected chi connectivity index (χ0v) is 14.4. The minimum absolute atomic E-state index is 0.0698. The van der Waals surface area contributed by atoms with Crippen LogP contribution in [-0.4, -0.2) is 45.9 Å². The molecule has 1 unspecified atom stereocenters. The van der Waals surface area contributed by atoms with Gasteiger partial charge in [0, 0.05) is 19.3 Å². The maximum Gasteiger partial charge on any atom is 0.310 e. The van der Waals surface area contributed by atoms with Crippen molar-refractivity contribution in [1.29, 1.82) is 0 Å². The van der Waals surface area contributed by atoms with Crippen LogP contribution in [-0.2, 0) is 9.53 Å². The minimum Gasteiger partial charge on any atom is -0.466 e. The third-order valence-corrected chi connectivity index (χ3v) is 4.47. The van der Waals surface area contributed by atoms with Gasteiger partial charge in [-0.15, -0.1) is 0 Å². The first-order valence-corrected chi connectivity index (χ1v) is 8.42. The Bertz CT molecular complexity index is 781. The number of rotatable bonds is 3. The fraction of sp³-hybridized carbons (Fsp3) is 0.500. The number of aromatic nitrogens is 2. The van der Waals surface area contributed by atoms with Crippen molar-refractivity contribution in [2.45, 2.75) is 33.6 Å². The molecule has 3 heterocycles. The Kier molecular flexibility index (Phi) is 4.55. The third kappa shape index (κ3) is 3.00. The molecule has 1 aliphatic rings. The fourth-order valence-corrected chi connectivity index (χ4v) is 3.29. The number of fused-ring (bicyclic) bond motifs is 1. The lowest BCUT2D eigenvalue weighted by Crippen LogP contribution is -2.43. The summed E-state index contributed by atoms with van der Waals surface area (Å²) in [5.74, 6) is -0.510. The van der Waals surface area contributed by atoms with Crippen LogP contribution in [0.15, 0.2) is 18.3 Å². The number of nitrogens with zero attached hydrogens (tertiary/aromatic N) is 3. The van der Waals surface area contributed by atoms with Crippen LogP contribution in [0, 0.1) is 19.8 Å². The van der Waals surface area contributed by atoms with Gasteiger partial charge in [0.2, 0.25) is 0 Å². The Hall–Kier alpha value is -2.37. The van der Waals surface area contributed by atoms with Gasteiger partial charge in [-0.1, -0.05) is 6.07 Å². The summed E-state index contributed by atoms with van der Waals surface area (Å²) in [6, 6.07) is 3.89. The highest BCUT2D eigenvalue weighted by Crippen LogP contribution is 2.22. The maximum absolute atomic E-state index is 13.0. The van der Waals surface area contributed by atoms with E-state index < -0.39 is 0 Å². The first kappa shape index (κ1) is 16.5. The number of hydrogen-bond acceptors (Lipinski definition) is 4. The highest BCUT2D eigenvalue weighted by Gasteiger charge is 2.31. The largest absolute Gasteiger partial charge is 0.466 e. The van der Waals surface area contributed by atoms with E-state index in [4.69, 9.17) is 4.74 Å². The number of imidazole rings is 1. The van der Waals surface area contributed by atoms with Crippen molar-refractivity contribution < 1.29 is 14.3 Å². The van der Waals surface area contributed by atoms with Crippen LogP contribution in [0.25, 0.3) is 5.65 Å². The lowest BCUT2D eigenvalue weighted by Gasteiger charge is -2.31. The van der Waals surface area contributed by atoms with Crippen LogP contribution in [0.5, 0.6) is 0 Å². The summed E-state index contributed by atoms with van der Waals surface area (Å²) in [6.45, 7) is 7.08. The molecule has 1 amide bonds. The van der Waals surface area contributed by atoms with Crippen molar-refractivity contribution in [2.75, 3.05) is 19.7 Å². The van der Waals surface area contributed by atoms with Gasteiger partial charge in [0.05, 0.1) is 18.2 Å². The Balaban J connectivity index is 1.87. The number of aryl methyl sites for hydroxylation is 2. The van der Waals surface area contributed by atoms with Gasteiger partial charge in [0.25, 0.3) is 5.91 Å². The van der Waals surface area contributed by atoms with E-state index in [-0.39, 0.29) is 17.8 Å². The summed E-state index contributed by atoms with van der Waals surface area (Å²) in [6.07, 6.45) is 3.51. The zero-order chi connectivity index (χ0) is 17.3. The highest BCUT2D eigenvalue weighted by atomic mass is 16.5. The van der Waals surface area contributed by atoms with E-state index in [1.807, 2.05) is 36.6 Å². The zero-order valence-electron chi connectivity index (χ0n) is 14.4. The normalized spacial score (nSPS) is 18.0. The maximum atomic E-state index is 13.0. The standard InChI is InChI=1S/C18H23N3O3/c1-4-24-18(23)14-6-5-9-20(11-14)17(22)16-13(3)19-15-8-7-12(2)10-21(15)16/h7-8,10,14H,4-6,9,11H2,1-3H3. The van der Waals surface area contributed by atoms with Crippen molar-refractivity contribution in [3.05, 3.63) is 35.3 Å². The number of piperidine rings is 1. The second kappa shape index (κ2) is 6.63. The molecular formula is C18H23N3O3. The van der Waals surface area contributed by atoms with Crippen molar-refractivity contribution in [2.24, 2.45) is 5.92 Å². The summed E-state index contributed by atoms with van der Waals surface area (Å²) in [4.78, 5) is 31.3. The van der Waals surface area contributed by atoms with Crippen molar-refractivity contribution in [3.63, 3.8) is 0 Å². The first-order valence-electron chi connectivity index (χ1n) is 8.42. The Morgan fingerprint density at radius 3 is 2.88 bits per heavy atom. The molecule has 6 heteroatoms. The lowest BCUT2D eigenvalue weighted by molar-refractivity contribution is -0.149. The summed E-state index contributed by atoms with van der Waals surface area (Å²) >= 11 is 0. The summed E-state index contributed by atoms with van der Waals surface area (Å²) in [7, 11) is 0. The molecule has 1 fully saturated rings. The summed E-state index contributed by atoms with van der Waals surface area (Å²) in [5.41, 5.74) is 3.12. The highest BCUT2D eigenvalue weighted by molar-refractivity contribution is 5.95. The van der Waals surface area contributed by atoms with E-state index >= 15 is 0 Å². The van der Waals surface area contributed by atoms with Crippen LogP contribution in [0.3, 0.4) is 0 Å². The van der Waals surface area contributed by atoms with Crippen molar-refractivity contribution >= 4 is 17.5 Å². The molecule has 3 rings (SSSR count). The van der Waals surface area contributed by atoms with E-state index in [1.165, 1.54) is 0 Å². The number of amides is 1. The number of ether oxygens (including phenoxy) is 1. The molecule has 0 radical (unpaired) electrons. The lowest BCUT2D eigenvalue weighted by atomic mass is 9.98.